The SMILES string of the molecule is O=S(=O)(Nc1cccc2c1CCNC2)c1ccccc1F. The maximum atomic E-state index is 13.7. The standard InChI is InChI=1S/C15H15FN2O2S/c16-13-5-1-2-7-15(13)21(19,20)18-14-6-3-4-11-10-17-9-8-12(11)14/h1-7,17-18H,8-10H2. The average Bonchev–Trinajstić information content (AvgIpc) is 2.47. The molecule has 3 rings (SSSR count). The van der Waals surface area contributed by atoms with Crippen molar-refractivity contribution in [3.05, 3.63) is 59.4 Å². The highest BCUT2D eigenvalue weighted by Crippen LogP contribution is 2.26. The van der Waals surface area contributed by atoms with Crippen LogP contribution in [0.25, 0.3) is 0 Å². The Morgan fingerprint density at radius 1 is 1.10 bits per heavy atom. The third-order valence-electron chi connectivity index (χ3n) is 3.51. The molecule has 2 aromatic carbocycles. The van der Waals surface area contributed by atoms with E-state index in [2.05, 4.69) is 10.0 Å². The maximum absolute atomic E-state index is 13.7. The van der Waals surface area contributed by atoms with E-state index in [0.29, 0.717) is 12.2 Å². The third kappa shape index (κ3) is 2.77. The number of nitrogens with one attached hydrogen (secondary N) is 2. The van der Waals surface area contributed by atoms with Crippen LogP contribution in [0, 0.1) is 5.82 Å². The van der Waals surface area contributed by atoms with Crippen LogP contribution in [0.4, 0.5) is 10.1 Å². The minimum atomic E-state index is -3.92. The number of rotatable bonds is 3. The Hall–Kier alpha value is -1.92. The van der Waals surface area contributed by atoms with Gasteiger partial charge in [0.25, 0.3) is 10.0 Å². The molecule has 21 heavy (non-hydrogen) atoms. The molecule has 0 spiro atoms. The molecule has 0 aliphatic carbocycles. The predicted molar refractivity (Wildman–Crippen MR) is 79.1 cm³/mol. The first-order chi connectivity index (χ1) is 10.1. The number of hydrogen-bond donors (Lipinski definition) is 2. The van der Waals surface area contributed by atoms with Gasteiger partial charge in [0.2, 0.25) is 0 Å². The Bertz CT molecular complexity index is 775. The summed E-state index contributed by atoms with van der Waals surface area (Å²) in [6.45, 7) is 1.51. The minimum Gasteiger partial charge on any atom is -0.312 e. The summed E-state index contributed by atoms with van der Waals surface area (Å²) in [5.74, 6) is -0.753. The van der Waals surface area contributed by atoms with Crippen molar-refractivity contribution in [1.82, 2.24) is 5.32 Å². The van der Waals surface area contributed by atoms with Crippen molar-refractivity contribution in [2.45, 2.75) is 17.9 Å². The van der Waals surface area contributed by atoms with Crippen LogP contribution < -0.4 is 10.0 Å². The molecule has 0 radical (unpaired) electrons. The smallest absolute Gasteiger partial charge is 0.264 e. The zero-order chi connectivity index (χ0) is 14.9. The lowest BCUT2D eigenvalue weighted by atomic mass is 9.99. The minimum absolute atomic E-state index is 0.337. The Labute approximate surface area is 123 Å². The second-order valence-corrected chi connectivity index (χ2v) is 6.56. The lowest BCUT2D eigenvalue weighted by molar-refractivity contribution is 0.570. The zero-order valence-electron chi connectivity index (χ0n) is 11.3. The van der Waals surface area contributed by atoms with Crippen LogP contribution >= 0.6 is 0 Å². The highest BCUT2D eigenvalue weighted by atomic mass is 32.2. The van der Waals surface area contributed by atoms with E-state index in [0.717, 1.165) is 30.2 Å². The average molecular weight is 306 g/mol. The topological polar surface area (TPSA) is 58.2 Å². The van der Waals surface area contributed by atoms with E-state index in [-0.39, 0.29) is 4.90 Å². The van der Waals surface area contributed by atoms with Gasteiger partial charge < -0.3 is 5.32 Å². The molecule has 0 saturated carbocycles. The number of benzene rings is 2. The summed E-state index contributed by atoms with van der Waals surface area (Å²) in [4.78, 5) is -0.337. The fourth-order valence-electron chi connectivity index (χ4n) is 2.49. The first-order valence-corrected chi connectivity index (χ1v) is 8.15. The van der Waals surface area contributed by atoms with Crippen LogP contribution in [0.15, 0.2) is 47.4 Å². The lowest BCUT2D eigenvalue weighted by Gasteiger charge is -2.21. The number of fused-ring (bicyclic) bond motifs is 1. The number of sulfonamides is 1. The maximum Gasteiger partial charge on any atom is 0.264 e. The summed E-state index contributed by atoms with van der Waals surface area (Å²) in [5.41, 5.74) is 2.56. The number of halogens is 1. The van der Waals surface area contributed by atoms with Gasteiger partial charge in [-0.3, -0.25) is 4.72 Å². The molecule has 6 heteroatoms. The van der Waals surface area contributed by atoms with Crippen LogP contribution in [0.5, 0.6) is 0 Å². The van der Waals surface area contributed by atoms with Crippen molar-refractivity contribution in [3.8, 4) is 0 Å². The number of hydrogen-bond acceptors (Lipinski definition) is 3. The molecule has 0 bridgehead atoms. The van der Waals surface area contributed by atoms with Crippen molar-refractivity contribution < 1.29 is 12.8 Å². The quantitative estimate of drug-likeness (QED) is 0.914. The molecule has 2 N–H and O–H groups in total. The van der Waals surface area contributed by atoms with E-state index in [9.17, 15) is 12.8 Å². The van der Waals surface area contributed by atoms with Gasteiger partial charge in [-0.2, -0.15) is 0 Å². The molecular weight excluding hydrogens is 291 g/mol. The fourth-order valence-corrected chi connectivity index (χ4v) is 3.66. The molecule has 4 nitrogen and oxygen atoms in total. The highest BCUT2D eigenvalue weighted by Gasteiger charge is 2.21. The zero-order valence-corrected chi connectivity index (χ0v) is 12.1. The Balaban J connectivity index is 1.99. The van der Waals surface area contributed by atoms with E-state index in [1.54, 1.807) is 12.1 Å². The fraction of sp³-hybridized carbons (Fsp3) is 0.200. The Morgan fingerprint density at radius 3 is 2.71 bits per heavy atom. The van der Waals surface area contributed by atoms with Crippen LogP contribution in [0.3, 0.4) is 0 Å². The summed E-state index contributed by atoms with van der Waals surface area (Å²) in [5, 5.41) is 3.23. The van der Waals surface area contributed by atoms with Gasteiger partial charge in [0.05, 0.1) is 5.69 Å². The monoisotopic (exact) mass is 306 g/mol. The Morgan fingerprint density at radius 2 is 1.90 bits per heavy atom. The molecule has 110 valence electrons. The molecular formula is C15H15FN2O2S. The van der Waals surface area contributed by atoms with Crippen molar-refractivity contribution in [2.24, 2.45) is 0 Å². The predicted octanol–water partition coefficient (Wildman–Crippen LogP) is 2.27. The summed E-state index contributed by atoms with van der Waals surface area (Å²) < 4.78 is 40.9. The summed E-state index contributed by atoms with van der Waals surface area (Å²) in [7, 11) is -3.92. The van der Waals surface area contributed by atoms with Crippen molar-refractivity contribution >= 4 is 15.7 Å². The van der Waals surface area contributed by atoms with Crippen LogP contribution in [0.2, 0.25) is 0 Å². The van der Waals surface area contributed by atoms with E-state index < -0.39 is 15.8 Å². The van der Waals surface area contributed by atoms with E-state index in [1.165, 1.54) is 18.2 Å². The first-order valence-electron chi connectivity index (χ1n) is 6.67. The molecule has 1 aliphatic heterocycles. The largest absolute Gasteiger partial charge is 0.312 e. The molecule has 1 aliphatic rings. The summed E-state index contributed by atoms with van der Waals surface area (Å²) >= 11 is 0. The van der Waals surface area contributed by atoms with Gasteiger partial charge in [-0.25, -0.2) is 12.8 Å². The van der Waals surface area contributed by atoms with Gasteiger partial charge in [0.15, 0.2) is 0 Å². The molecule has 1 heterocycles. The van der Waals surface area contributed by atoms with E-state index >= 15 is 0 Å². The summed E-state index contributed by atoms with van der Waals surface area (Å²) in [6, 6.07) is 10.8. The third-order valence-corrected chi connectivity index (χ3v) is 4.91. The first kappa shape index (κ1) is 14.0. The molecule has 2 aromatic rings. The van der Waals surface area contributed by atoms with Crippen molar-refractivity contribution in [3.63, 3.8) is 0 Å². The molecule has 0 unspecified atom stereocenters. The van der Waals surface area contributed by atoms with E-state index in [4.69, 9.17) is 0 Å². The second kappa shape index (κ2) is 5.46. The highest BCUT2D eigenvalue weighted by molar-refractivity contribution is 7.92. The van der Waals surface area contributed by atoms with Gasteiger partial charge in [0, 0.05) is 6.54 Å². The van der Waals surface area contributed by atoms with Crippen LogP contribution in [-0.4, -0.2) is 15.0 Å². The van der Waals surface area contributed by atoms with Crippen molar-refractivity contribution in [2.75, 3.05) is 11.3 Å². The molecule has 0 aromatic heterocycles. The molecule has 0 atom stereocenters. The number of anilines is 1. The van der Waals surface area contributed by atoms with E-state index in [1.807, 2.05) is 6.07 Å². The molecule has 0 fully saturated rings. The second-order valence-electron chi connectivity index (χ2n) is 4.91. The van der Waals surface area contributed by atoms with Gasteiger partial charge >= 0.3 is 0 Å². The summed E-state index contributed by atoms with van der Waals surface area (Å²) in [6.07, 6.45) is 0.741. The van der Waals surface area contributed by atoms with Crippen LogP contribution in [-0.2, 0) is 23.0 Å². The van der Waals surface area contributed by atoms with Gasteiger partial charge in [-0.1, -0.05) is 24.3 Å². The van der Waals surface area contributed by atoms with Gasteiger partial charge in [0.1, 0.15) is 10.7 Å². The Kier molecular flexibility index (Phi) is 3.65. The van der Waals surface area contributed by atoms with Gasteiger partial charge in [-0.15, -0.1) is 0 Å². The van der Waals surface area contributed by atoms with Crippen molar-refractivity contribution in [1.29, 1.82) is 0 Å². The van der Waals surface area contributed by atoms with Crippen LogP contribution in [0.1, 0.15) is 11.1 Å². The molecule has 0 saturated heterocycles. The lowest BCUT2D eigenvalue weighted by Crippen LogP contribution is -2.25. The molecule has 0 amide bonds. The van der Waals surface area contributed by atoms with Gasteiger partial charge in [-0.05, 0) is 42.3 Å². The normalized spacial score (nSPS) is 14.5.